The fourth-order valence-electron chi connectivity index (χ4n) is 5.41. The molecule has 4 N–H and O–H groups in total. The van der Waals surface area contributed by atoms with Crippen LogP contribution < -0.4 is 10.6 Å². The van der Waals surface area contributed by atoms with Crippen LogP contribution in [0.5, 0.6) is 0 Å². The number of aliphatic hydroxyl groups excluding tert-OH is 1. The van der Waals surface area contributed by atoms with E-state index in [1.807, 2.05) is 18.2 Å². The van der Waals surface area contributed by atoms with Crippen molar-refractivity contribution in [2.24, 2.45) is 5.92 Å². The number of hydrogen-bond acceptors (Lipinski definition) is 4. The Balaban J connectivity index is 2.23. The van der Waals surface area contributed by atoms with Gasteiger partial charge in [-0.15, -0.1) is 0 Å². The number of aliphatic hydroxyl groups is 1. The SMILES string of the molecule is CCCCCCCCCCCCCCCCCCNC(Cc1ccccc1)C(O)CCC(=O)NC(C(=O)O)C(C)C. The highest BCUT2D eigenvalue weighted by atomic mass is 16.4. The molecule has 6 nitrogen and oxygen atoms in total. The van der Waals surface area contributed by atoms with Crippen molar-refractivity contribution in [2.75, 3.05) is 6.54 Å². The lowest BCUT2D eigenvalue weighted by atomic mass is 9.97. The molecule has 0 heterocycles. The minimum atomic E-state index is -1.03. The average molecular weight is 575 g/mol. The molecule has 6 heteroatoms. The van der Waals surface area contributed by atoms with Crippen LogP contribution in [-0.4, -0.2) is 46.8 Å². The zero-order valence-corrected chi connectivity index (χ0v) is 26.5. The molecule has 0 aliphatic rings. The first-order chi connectivity index (χ1) is 19.8. The Hall–Kier alpha value is -1.92. The van der Waals surface area contributed by atoms with Crippen molar-refractivity contribution in [1.29, 1.82) is 0 Å². The summed E-state index contributed by atoms with van der Waals surface area (Å²) in [5.41, 5.74) is 1.14. The van der Waals surface area contributed by atoms with E-state index >= 15 is 0 Å². The summed E-state index contributed by atoms with van der Waals surface area (Å²) in [5.74, 6) is -1.56. The second kappa shape index (κ2) is 24.7. The molecule has 1 rings (SSSR count). The van der Waals surface area contributed by atoms with Crippen molar-refractivity contribution in [3.05, 3.63) is 35.9 Å². The van der Waals surface area contributed by atoms with Crippen molar-refractivity contribution in [3.8, 4) is 0 Å². The highest BCUT2D eigenvalue weighted by molar-refractivity contribution is 5.83. The molecule has 3 atom stereocenters. The van der Waals surface area contributed by atoms with Crippen LogP contribution in [0.2, 0.25) is 0 Å². The third-order valence-corrected chi connectivity index (χ3v) is 8.12. The maximum atomic E-state index is 12.4. The Morgan fingerprint density at radius 3 is 1.71 bits per heavy atom. The van der Waals surface area contributed by atoms with E-state index in [1.54, 1.807) is 13.8 Å². The van der Waals surface area contributed by atoms with Gasteiger partial charge in [-0.25, -0.2) is 4.79 Å². The van der Waals surface area contributed by atoms with E-state index in [0.717, 1.165) is 18.5 Å². The number of aliphatic carboxylic acids is 1. The molecule has 0 saturated heterocycles. The van der Waals surface area contributed by atoms with E-state index < -0.39 is 18.1 Å². The first kappa shape index (κ1) is 37.1. The van der Waals surface area contributed by atoms with Crippen molar-refractivity contribution < 1.29 is 19.8 Å². The molecule has 0 aliphatic carbocycles. The van der Waals surface area contributed by atoms with Gasteiger partial charge in [0.05, 0.1) is 6.10 Å². The zero-order chi connectivity index (χ0) is 30.1. The highest BCUT2D eigenvalue weighted by Crippen LogP contribution is 2.15. The van der Waals surface area contributed by atoms with Crippen molar-refractivity contribution in [3.63, 3.8) is 0 Å². The van der Waals surface area contributed by atoms with E-state index in [1.165, 1.54) is 96.3 Å². The molecule has 0 aromatic heterocycles. The monoisotopic (exact) mass is 574 g/mol. The first-order valence-electron chi connectivity index (χ1n) is 16.8. The molecule has 1 amide bonds. The molecule has 1 aromatic rings. The first-order valence-corrected chi connectivity index (χ1v) is 16.8. The molecule has 0 spiro atoms. The largest absolute Gasteiger partial charge is 0.480 e. The number of nitrogens with one attached hydrogen (secondary N) is 2. The molecule has 0 radical (unpaired) electrons. The van der Waals surface area contributed by atoms with Crippen LogP contribution in [0.1, 0.15) is 142 Å². The van der Waals surface area contributed by atoms with Crippen LogP contribution in [0.25, 0.3) is 0 Å². The number of carboxylic acid groups (broad SMARTS) is 1. The number of benzene rings is 1. The van der Waals surface area contributed by atoms with Gasteiger partial charge in [-0.05, 0) is 37.3 Å². The normalized spacial score (nSPS) is 13.7. The summed E-state index contributed by atoms with van der Waals surface area (Å²) in [6, 6.07) is 9.04. The standard InChI is InChI=1S/C35H62N2O4/c1-4-5-6-7-8-9-10-11-12-13-14-15-16-17-18-22-27-36-31(28-30-23-20-19-21-24-30)32(38)25-26-33(39)37-34(29(2)3)35(40)41/h19-21,23-24,29,31-32,34,36,38H,4-18,22,25-28H2,1-3H3,(H,37,39)(H,40,41). The molecule has 1 aromatic carbocycles. The van der Waals surface area contributed by atoms with Gasteiger partial charge in [-0.2, -0.15) is 0 Å². The quantitative estimate of drug-likeness (QED) is 0.0803. The Labute approximate surface area is 251 Å². The fourth-order valence-corrected chi connectivity index (χ4v) is 5.41. The molecular weight excluding hydrogens is 512 g/mol. The Bertz CT molecular complexity index is 771. The van der Waals surface area contributed by atoms with Gasteiger partial charge in [-0.1, -0.05) is 147 Å². The topological polar surface area (TPSA) is 98.7 Å². The van der Waals surface area contributed by atoms with Crippen molar-refractivity contribution in [1.82, 2.24) is 10.6 Å². The van der Waals surface area contributed by atoms with Crippen molar-refractivity contribution in [2.45, 2.75) is 161 Å². The number of rotatable bonds is 27. The maximum absolute atomic E-state index is 12.4. The van der Waals surface area contributed by atoms with Crippen LogP contribution >= 0.6 is 0 Å². The third-order valence-electron chi connectivity index (χ3n) is 8.12. The molecule has 3 unspecified atom stereocenters. The number of hydrogen-bond donors (Lipinski definition) is 4. The van der Waals surface area contributed by atoms with E-state index in [-0.39, 0.29) is 24.3 Å². The average Bonchev–Trinajstić information content (AvgIpc) is 2.95. The van der Waals surface area contributed by atoms with Crippen LogP contribution in [0.3, 0.4) is 0 Å². The molecule has 236 valence electrons. The van der Waals surface area contributed by atoms with Gasteiger partial charge in [0.2, 0.25) is 5.91 Å². The molecule has 0 fully saturated rings. The molecular formula is C35H62N2O4. The van der Waals surface area contributed by atoms with Gasteiger partial charge in [0.1, 0.15) is 6.04 Å². The smallest absolute Gasteiger partial charge is 0.326 e. The second-order valence-corrected chi connectivity index (χ2v) is 12.3. The highest BCUT2D eigenvalue weighted by Gasteiger charge is 2.25. The lowest BCUT2D eigenvalue weighted by Crippen LogP contribution is -2.45. The minimum absolute atomic E-state index is 0.101. The third kappa shape index (κ3) is 19.8. The summed E-state index contributed by atoms with van der Waals surface area (Å²) in [6.07, 6.45) is 21.9. The minimum Gasteiger partial charge on any atom is -0.480 e. The molecule has 0 aliphatic heterocycles. The molecule has 0 saturated carbocycles. The fraction of sp³-hybridized carbons (Fsp3) is 0.771. The van der Waals surface area contributed by atoms with Gasteiger partial charge in [0, 0.05) is 12.5 Å². The van der Waals surface area contributed by atoms with Crippen molar-refractivity contribution >= 4 is 11.9 Å². The summed E-state index contributed by atoms with van der Waals surface area (Å²) < 4.78 is 0. The predicted molar refractivity (Wildman–Crippen MR) is 171 cm³/mol. The molecule has 41 heavy (non-hydrogen) atoms. The van der Waals surface area contributed by atoms with E-state index in [2.05, 4.69) is 29.7 Å². The maximum Gasteiger partial charge on any atom is 0.326 e. The van der Waals surface area contributed by atoms with E-state index in [0.29, 0.717) is 12.8 Å². The number of amides is 1. The van der Waals surface area contributed by atoms with Crippen LogP contribution in [0.4, 0.5) is 0 Å². The summed E-state index contributed by atoms with van der Waals surface area (Å²) in [4.78, 5) is 23.8. The summed E-state index contributed by atoms with van der Waals surface area (Å²) in [5, 5.41) is 26.4. The Morgan fingerprint density at radius 1 is 0.756 bits per heavy atom. The summed E-state index contributed by atoms with van der Waals surface area (Å²) in [7, 11) is 0. The Kier molecular flexibility index (Phi) is 22.3. The van der Waals surface area contributed by atoms with E-state index in [4.69, 9.17) is 0 Å². The van der Waals surface area contributed by atoms with Gasteiger partial charge < -0.3 is 20.8 Å². The van der Waals surface area contributed by atoms with Gasteiger partial charge in [-0.3, -0.25) is 4.79 Å². The van der Waals surface area contributed by atoms with Crippen LogP contribution in [-0.2, 0) is 16.0 Å². The van der Waals surface area contributed by atoms with Crippen LogP contribution in [0.15, 0.2) is 30.3 Å². The number of unbranched alkanes of at least 4 members (excludes halogenated alkanes) is 15. The van der Waals surface area contributed by atoms with Crippen LogP contribution in [0, 0.1) is 5.92 Å². The van der Waals surface area contributed by atoms with Gasteiger partial charge in [0.15, 0.2) is 0 Å². The van der Waals surface area contributed by atoms with E-state index in [9.17, 15) is 19.8 Å². The predicted octanol–water partition coefficient (Wildman–Crippen LogP) is 7.82. The zero-order valence-electron chi connectivity index (χ0n) is 26.5. The van der Waals surface area contributed by atoms with Gasteiger partial charge >= 0.3 is 5.97 Å². The Morgan fingerprint density at radius 2 is 1.24 bits per heavy atom. The lowest BCUT2D eigenvalue weighted by molar-refractivity contribution is -0.143. The second-order valence-electron chi connectivity index (χ2n) is 12.3. The summed E-state index contributed by atoms with van der Waals surface area (Å²) >= 11 is 0. The number of carbonyl (C=O) groups excluding carboxylic acids is 1. The summed E-state index contributed by atoms with van der Waals surface area (Å²) in [6.45, 7) is 6.66. The molecule has 0 bridgehead atoms. The number of carboxylic acids is 1. The van der Waals surface area contributed by atoms with Gasteiger partial charge in [0.25, 0.3) is 0 Å². The lowest BCUT2D eigenvalue weighted by Gasteiger charge is -2.25. The number of carbonyl (C=O) groups is 2.